The summed E-state index contributed by atoms with van der Waals surface area (Å²) in [7, 11) is -7.35. The molecule has 1 heterocycles. The number of carbonyl (C=O) groups is 4. The Morgan fingerprint density at radius 1 is 0.900 bits per heavy atom. The molecule has 0 aromatic carbocycles. The van der Waals surface area contributed by atoms with E-state index in [1.165, 1.54) is 6.92 Å². The van der Waals surface area contributed by atoms with Crippen LogP contribution in [0.3, 0.4) is 0 Å². The van der Waals surface area contributed by atoms with E-state index < -0.39 is 44.2 Å². The molecule has 16 heteroatoms. The van der Waals surface area contributed by atoms with Crippen LogP contribution in [0.25, 0.3) is 0 Å². The number of rotatable bonds is 15. The van der Waals surface area contributed by atoms with Gasteiger partial charge in [0.1, 0.15) is 17.4 Å². The van der Waals surface area contributed by atoms with E-state index in [-0.39, 0.29) is 56.4 Å². The van der Waals surface area contributed by atoms with Crippen molar-refractivity contribution in [3.63, 3.8) is 0 Å². The minimum Gasteiger partial charge on any atom is -0.481 e. The molecule has 1 rings (SSSR count). The third-order valence-corrected chi connectivity index (χ3v) is 9.49. The summed E-state index contributed by atoms with van der Waals surface area (Å²) in [6.07, 6.45) is -1.56. The fourth-order valence-corrected chi connectivity index (χ4v) is 7.24. The lowest BCUT2D eigenvalue weighted by Gasteiger charge is -2.28. The second kappa shape index (κ2) is 16.7. The van der Waals surface area contributed by atoms with Gasteiger partial charge in [-0.15, -0.1) is 0 Å². The van der Waals surface area contributed by atoms with E-state index >= 15 is 0 Å². The Kier molecular flexibility index (Phi) is 15.2. The number of aliphatic carboxylic acids is 1. The van der Waals surface area contributed by atoms with Crippen LogP contribution in [0.15, 0.2) is 0 Å². The average molecular weight is 613 g/mol. The molecule has 5 N–H and O–H groups in total. The van der Waals surface area contributed by atoms with Crippen molar-refractivity contribution in [2.45, 2.75) is 65.0 Å². The van der Waals surface area contributed by atoms with Crippen LogP contribution in [-0.4, -0.2) is 124 Å². The summed E-state index contributed by atoms with van der Waals surface area (Å²) in [5.41, 5.74) is -0.845. The molecule has 1 amide bonds. The summed E-state index contributed by atoms with van der Waals surface area (Å²) < 4.78 is 30.8. The average Bonchev–Trinajstić information content (AvgIpc) is 2.90. The van der Waals surface area contributed by atoms with Gasteiger partial charge in [-0.25, -0.2) is 4.79 Å². The zero-order chi connectivity index (χ0) is 30.6. The number of nitrogens with zero attached hydrogens (tertiary/aromatic N) is 2. The number of hydrogen-bond acceptors (Lipinski definition) is 10. The molecule has 1 aliphatic heterocycles. The third kappa shape index (κ3) is 17.2. The number of carboxylic acid groups (broad SMARTS) is 1. The first-order chi connectivity index (χ1) is 18.4. The number of esters is 1. The first-order valence-corrected chi connectivity index (χ1v) is 17.4. The summed E-state index contributed by atoms with van der Waals surface area (Å²) in [5.74, 6) is -2.74. The highest BCUT2D eigenvalue weighted by atomic mass is 31.2. The molecule has 0 radical (unpaired) electrons. The van der Waals surface area contributed by atoms with Gasteiger partial charge in [0.25, 0.3) is 0 Å². The maximum Gasteiger partial charge on any atom is 0.329 e. The molecule has 0 aromatic rings. The van der Waals surface area contributed by atoms with Crippen LogP contribution in [0.4, 0.5) is 0 Å². The number of nitrogens with one attached hydrogen (secondary N) is 2. The predicted octanol–water partition coefficient (Wildman–Crippen LogP) is 0.710. The molecule has 0 aromatic heterocycles. The van der Waals surface area contributed by atoms with Gasteiger partial charge in [-0.3, -0.25) is 28.5 Å². The van der Waals surface area contributed by atoms with E-state index in [9.17, 15) is 38.1 Å². The number of amides is 1. The Balaban J connectivity index is 2.70. The molecule has 0 aliphatic carbocycles. The van der Waals surface area contributed by atoms with Gasteiger partial charge in [-0.2, -0.15) is 0 Å². The molecule has 0 saturated carbocycles. The fourth-order valence-electron chi connectivity index (χ4n) is 3.92. The fraction of sp³-hybridized carbons (Fsp3) is 0.833. The first kappa shape index (κ1) is 36.4. The summed E-state index contributed by atoms with van der Waals surface area (Å²) >= 11 is 0. The molecule has 40 heavy (non-hydrogen) atoms. The lowest BCUT2D eigenvalue weighted by molar-refractivity contribution is -0.159. The minimum absolute atomic E-state index is 0.0331. The standard InChI is InChI=1S/C24H46N4O10P2/c1-19(29)7-15-39(34,35)17-27-11-9-25-10-12-28(14-13-27)18-40(36,37)16-8-21(30)26-20(5-6-22(31)32)23(33)38-24(2,3)4/h20,25H,5-18H2,1-4H3,(H,26,30)(H,31,32)(H,34,35)(H,36,37). The zero-order valence-corrected chi connectivity index (χ0v) is 25.8. The summed E-state index contributed by atoms with van der Waals surface area (Å²) in [6, 6.07) is -1.20. The van der Waals surface area contributed by atoms with Crippen LogP contribution in [-0.2, 0) is 33.0 Å². The number of ketones is 1. The molecule has 14 nitrogen and oxygen atoms in total. The van der Waals surface area contributed by atoms with E-state index in [0.717, 1.165) is 0 Å². The Morgan fingerprint density at radius 2 is 1.40 bits per heavy atom. The Morgan fingerprint density at radius 3 is 1.85 bits per heavy atom. The van der Waals surface area contributed by atoms with Crippen LogP contribution in [0.1, 0.15) is 53.4 Å². The second-order valence-electron chi connectivity index (χ2n) is 11.2. The van der Waals surface area contributed by atoms with Crippen LogP contribution in [0, 0.1) is 0 Å². The molecule has 3 atom stereocenters. The van der Waals surface area contributed by atoms with Crippen molar-refractivity contribution in [3.05, 3.63) is 0 Å². The van der Waals surface area contributed by atoms with Gasteiger partial charge in [0.15, 0.2) is 0 Å². The van der Waals surface area contributed by atoms with Gasteiger partial charge in [-0.05, 0) is 34.1 Å². The van der Waals surface area contributed by atoms with E-state index in [2.05, 4.69) is 10.6 Å². The van der Waals surface area contributed by atoms with Crippen LogP contribution < -0.4 is 10.6 Å². The zero-order valence-electron chi connectivity index (χ0n) is 24.0. The molecule has 3 unspecified atom stereocenters. The summed E-state index contributed by atoms with van der Waals surface area (Å²) in [5, 5.41) is 14.6. The van der Waals surface area contributed by atoms with Crippen LogP contribution in [0.2, 0.25) is 0 Å². The van der Waals surface area contributed by atoms with E-state index in [1.807, 2.05) is 0 Å². The highest BCUT2D eigenvalue weighted by Gasteiger charge is 2.30. The second-order valence-corrected chi connectivity index (χ2v) is 16.0. The molecule has 0 bridgehead atoms. The van der Waals surface area contributed by atoms with Crippen LogP contribution >= 0.6 is 14.7 Å². The normalized spacial score (nSPS) is 19.6. The monoisotopic (exact) mass is 612 g/mol. The molecular weight excluding hydrogens is 566 g/mol. The maximum absolute atomic E-state index is 13.0. The van der Waals surface area contributed by atoms with E-state index in [1.54, 1.807) is 30.6 Å². The molecular formula is C24H46N4O10P2. The number of carboxylic acids is 1. The summed E-state index contributed by atoms with van der Waals surface area (Å²) in [4.78, 5) is 71.6. The van der Waals surface area contributed by atoms with Gasteiger partial charge < -0.3 is 35.1 Å². The van der Waals surface area contributed by atoms with Gasteiger partial charge in [0.05, 0.1) is 12.6 Å². The smallest absolute Gasteiger partial charge is 0.329 e. The quantitative estimate of drug-likeness (QED) is 0.128. The summed E-state index contributed by atoms with van der Waals surface area (Å²) in [6.45, 7) is 9.11. The molecule has 1 saturated heterocycles. The Hall–Kier alpha value is -1.66. The topological polar surface area (TPSA) is 203 Å². The van der Waals surface area contributed by atoms with Gasteiger partial charge in [-0.1, -0.05) is 0 Å². The molecule has 1 fully saturated rings. The first-order valence-electron chi connectivity index (χ1n) is 13.4. The third-order valence-electron chi connectivity index (χ3n) is 5.96. The van der Waals surface area contributed by atoms with Crippen molar-refractivity contribution < 1.29 is 47.9 Å². The van der Waals surface area contributed by atoms with Crippen molar-refractivity contribution >= 4 is 38.4 Å². The SMILES string of the molecule is CC(=O)CCP(=O)(O)CN1CCNCCN(CP(=O)(O)CCC(=O)NC(CCC(=O)O)C(=O)OC(C)(C)C)CC1. The van der Waals surface area contributed by atoms with Crippen LogP contribution in [0.5, 0.6) is 0 Å². The molecule has 0 spiro atoms. The van der Waals surface area contributed by atoms with Gasteiger partial charge in [0.2, 0.25) is 20.6 Å². The van der Waals surface area contributed by atoms with Crippen molar-refractivity contribution in [3.8, 4) is 0 Å². The lowest BCUT2D eigenvalue weighted by atomic mass is 10.1. The van der Waals surface area contributed by atoms with Gasteiger partial charge >= 0.3 is 11.9 Å². The minimum atomic E-state index is -3.81. The number of carbonyl (C=O) groups excluding carboxylic acids is 3. The number of Topliss-reactive ketones (excluding diaryl/α,β-unsaturated/α-hetero) is 1. The highest BCUT2D eigenvalue weighted by Crippen LogP contribution is 2.43. The molecule has 232 valence electrons. The molecule has 1 aliphatic rings. The Labute approximate surface area is 236 Å². The highest BCUT2D eigenvalue weighted by molar-refractivity contribution is 7.58. The van der Waals surface area contributed by atoms with Crippen molar-refractivity contribution in [1.82, 2.24) is 20.4 Å². The predicted molar refractivity (Wildman–Crippen MR) is 150 cm³/mol. The van der Waals surface area contributed by atoms with Crippen molar-refractivity contribution in [1.29, 1.82) is 0 Å². The van der Waals surface area contributed by atoms with E-state index in [4.69, 9.17) is 9.84 Å². The van der Waals surface area contributed by atoms with Crippen molar-refractivity contribution in [2.75, 3.05) is 64.2 Å². The van der Waals surface area contributed by atoms with E-state index in [0.29, 0.717) is 39.3 Å². The Bertz CT molecular complexity index is 972. The lowest BCUT2D eigenvalue weighted by Crippen LogP contribution is -2.44. The number of ether oxygens (including phenoxy) is 1. The largest absolute Gasteiger partial charge is 0.481 e. The number of hydrogen-bond donors (Lipinski definition) is 5. The van der Waals surface area contributed by atoms with Crippen molar-refractivity contribution in [2.24, 2.45) is 0 Å². The van der Waals surface area contributed by atoms with Gasteiger partial charge in [0, 0.05) is 70.9 Å². The maximum atomic E-state index is 13.0.